The Morgan fingerprint density at radius 1 is 1.25 bits per heavy atom. The maximum atomic E-state index is 12.5. The van der Waals surface area contributed by atoms with Crippen LogP contribution in [-0.2, 0) is 4.79 Å². The fraction of sp³-hybridized carbons (Fsp3) is 0.500. The number of aromatic nitrogens is 4. The van der Waals surface area contributed by atoms with Gasteiger partial charge in [-0.15, -0.1) is 0 Å². The lowest BCUT2D eigenvalue weighted by Gasteiger charge is -2.18. The lowest BCUT2D eigenvalue weighted by molar-refractivity contribution is -0.118. The molecule has 1 fully saturated rings. The minimum atomic E-state index is -1.00. The van der Waals surface area contributed by atoms with Crippen molar-refractivity contribution in [2.45, 2.75) is 86.0 Å². The second-order valence-corrected chi connectivity index (χ2v) is 11.4. The first-order valence-corrected chi connectivity index (χ1v) is 15.0. The maximum Gasteiger partial charge on any atom is 0.161 e. The Morgan fingerprint density at radius 2 is 1.95 bits per heavy atom. The molecule has 2 aromatic heterocycles. The number of alkyl halides is 1. The minimum Gasteiger partial charge on any atom is -0.356 e. The van der Waals surface area contributed by atoms with Crippen LogP contribution in [0.25, 0.3) is 17.5 Å². The minimum absolute atomic E-state index is 0.00524. The van der Waals surface area contributed by atoms with Crippen LogP contribution in [0.2, 0.25) is 0 Å². The number of Topliss-reactive ketones (excluding diaryl/α,β-unsaturated/α-hetero) is 1. The molecule has 3 aromatic rings. The second kappa shape index (κ2) is 15.8. The molecule has 4 rings (SSSR count). The highest BCUT2D eigenvalue weighted by Gasteiger charge is 2.25. The lowest BCUT2D eigenvalue weighted by Crippen LogP contribution is -2.20. The summed E-state index contributed by atoms with van der Waals surface area (Å²) in [6, 6.07) is 8.15. The van der Waals surface area contributed by atoms with Gasteiger partial charge in [0.05, 0.1) is 6.20 Å². The summed E-state index contributed by atoms with van der Waals surface area (Å²) in [4.78, 5) is 23.9. The van der Waals surface area contributed by atoms with Crippen LogP contribution >= 0.6 is 9.24 Å². The highest BCUT2D eigenvalue weighted by atomic mass is 31.0. The van der Waals surface area contributed by atoms with Gasteiger partial charge in [0.2, 0.25) is 0 Å². The van der Waals surface area contributed by atoms with Crippen LogP contribution in [0.3, 0.4) is 0 Å². The van der Waals surface area contributed by atoms with Crippen molar-refractivity contribution in [3.05, 3.63) is 65.1 Å². The zero-order valence-electron chi connectivity index (χ0n) is 25.5. The number of carbonyl (C=O) groups excluding carboxylic acids is 1. The van der Waals surface area contributed by atoms with Gasteiger partial charge in [-0.1, -0.05) is 62.9 Å². The molecule has 2 unspecified atom stereocenters. The Morgan fingerprint density at radius 3 is 2.50 bits per heavy atom. The highest BCUT2D eigenvalue weighted by Crippen LogP contribution is 2.30. The summed E-state index contributed by atoms with van der Waals surface area (Å²) in [6.07, 6.45) is 9.97. The van der Waals surface area contributed by atoms with Crippen LogP contribution in [0.1, 0.15) is 90.3 Å². The summed E-state index contributed by atoms with van der Waals surface area (Å²) >= 11 is 0. The summed E-state index contributed by atoms with van der Waals surface area (Å²) in [5, 5.41) is 5.99. The Bertz CT molecular complexity index is 1230. The number of nitrogens with zero attached hydrogens (tertiary/aromatic N) is 4. The first kappa shape index (κ1) is 33.3. The smallest absolute Gasteiger partial charge is 0.161 e. The van der Waals surface area contributed by atoms with Gasteiger partial charge in [-0.2, -0.15) is 5.10 Å². The van der Waals surface area contributed by atoms with E-state index in [4.69, 9.17) is 4.98 Å². The number of hydrogen-bond donors (Lipinski definition) is 1. The van der Waals surface area contributed by atoms with Crippen molar-refractivity contribution in [3.8, 4) is 11.4 Å². The van der Waals surface area contributed by atoms with E-state index in [1.165, 1.54) is 5.56 Å². The quantitative estimate of drug-likeness (QED) is 0.219. The standard InChI is InChI=1S/C25H29N5O.C5H12FP.C2H6/c1-16(2)24(31)18(4)12-19-5-6-20(11-17(19)3)25-26-9-7-23(29-25)30-10-8-21(15-30)22-13-27-28-14-22;1-3-5(6,7)4-2;1-2/h5-7,9,11-14,16,21H,8,10,15H2,1-4H3,(H,27,28);3-4,7H2,1-2H3;1-2H3/b18-12+;;. The van der Waals surface area contributed by atoms with Gasteiger partial charge in [-0.25, -0.2) is 14.4 Å². The van der Waals surface area contributed by atoms with E-state index in [0.29, 0.717) is 18.8 Å². The van der Waals surface area contributed by atoms with E-state index in [0.717, 1.165) is 53.4 Å². The number of H-pyrrole nitrogens is 1. The zero-order valence-corrected chi connectivity index (χ0v) is 26.6. The van der Waals surface area contributed by atoms with E-state index in [1.54, 1.807) is 0 Å². The summed E-state index contributed by atoms with van der Waals surface area (Å²) in [5.41, 5.74) is 5.17. The Labute approximate surface area is 242 Å². The molecule has 218 valence electrons. The van der Waals surface area contributed by atoms with Crippen LogP contribution in [0, 0.1) is 12.8 Å². The van der Waals surface area contributed by atoms with E-state index in [2.05, 4.69) is 42.3 Å². The van der Waals surface area contributed by atoms with Crippen molar-refractivity contribution in [1.82, 2.24) is 20.2 Å². The topological polar surface area (TPSA) is 74.8 Å². The molecule has 40 heavy (non-hydrogen) atoms. The second-order valence-electron chi connectivity index (χ2n) is 10.4. The van der Waals surface area contributed by atoms with Gasteiger partial charge in [0.25, 0.3) is 0 Å². The van der Waals surface area contributed by atoms with Crippen LogP contribution in [0.5, 0.6) is 0 Å². The first-order chi connectivity index (χ1) is 19.0. The average molecular weight is 568 g/mol. The molecule has 0 bridgehead atoms. The third-order valence-electron chi connectivity index (χ3n) is 7.13. The molecule has 2 atom stereocenters. The van der Waals surface area contributed by atoms with E-state index >= 15 is 0 Å². The van der Waals surface area contributed by atoms with Gasteiger partial charge in [-0.05, 0) is 73.6 Å². The number of rotatable bonds is 8. The van der Waals surface area contributed by atoms with E-state index < -0.39 is 5.41 Å². The number of ketones is 1. The van der Waals surface area contributed by atoms with Gasteiger partial charge in [0.1, 0.15) is 11.2 Å². The first-order valence-electron chi connectivity index (χ1n) is 14.4. The normalized spacial score (nSPS) is 15.3. The monoisotopic (exact) mass is 567 g/mol. The number of hydrogen-bond acceptors (Lipinski definition) is 5. The molecule has 6 nitrogen and oxygen atoms in total. The van der Waals surface area contributed by atoms with Gasteiger partial charge in [0.15, 0.2) is 11.6 Å². The van der Waals surface area contributed by atoms with Crippen LogP contribution < -0.4 is 4.90 Å². The molecule has 1 aliphatic rings. The number of benzene rings is 1. The van der Waals surface area contributed by atoms with Crippen molar-refractivity contribution in [1.29, 1.82) is 0 Å². The van der Waals surface area contributed by atoms with Crippen LogP contribution in [0.15, 0.2) is 48.4 Å². The van der Waals surface area contributed by atoms with Gasteiger partial charge in [0, 0.05) is 42.9 Å². The van der Waals surface area contributed by atoms with Crippen LogP contribution in [0.4, 0.5) is 10.2 Å². The van der Waals surface area contributed by atoms with E-state index in [1.807, 2.05) is 91.3 Å². The van der Waals surface area contributed by atoms with Gasteiger partial charge in [-0.3, -0.25) is 9.89 Å². The van der Waals surface area contributed by atoms with E-state index in [-0.39, 0.29) is 11.7 Å². The van der Waals surface area contributed by atoms with Crippen molar-refractivity contribution < 1.29 is 9.18 Å². The molecule has 0 radical (unpaired) electrons. The number of allylic oxidation sites excluding steroid dienone is 1. The molecular formula is C32H47FN5OP. The maximum absolute atomic E-state index is 12.5. The molecule has 0 spiro atoms. The molecule has 1 aliphatic heterocycles. The van der Waals surface area contributed by atoms with Gasteiger partial charge < -0.3 is 4.90 Å². The molecule has 1 saturated heterocycles. The summed E-state index contributed by atoms with van der Waals surface area (Å²) < 4.78 is 12.5. The zero-order chi connectivity index (χ0) is 29.9. The Balaban J connectivity index is 0.000000545. The number of aromatic amines is 1. The third kappa shape index (κ3) is 9.33. The number of anilines is 1. The Kier molecular flexibility index (Phi) is 13.1. The van der Waals surface area contributed by atoms with E-state index in [9.17, 15) is 9.18 Å². The van der Waals surface area contributed by atoms with Crippen molar-refractivity contribution >= 4 is 26.9 Å². The van der Waals surface area contributed by atoms with Crippen molar-refractivity contribution in [2.24, 2.45) is 5.92 Å². The predicted molar refractivity (Wildman–Crippen MR) is 169 cm³/mol. The molecule has 0 aliphatic carbocycles. The molecule has 1 aromatic carbocycles. The molecule has 0 amide bonds. The molecule has 3 heterocycles. The predicted octanol–water partition coefficient (Wildman–Crippen LogP) is 8.17. The molecular weight excluding hydrogens is 520 g/mol. The van der Waals surface area contributed by atoms with Crippen molar-refractivity contribution in [3.63, 3.8) is 0 Å². The lowest BCUT2D eigenvalue weighted by atomic mass is 9.97. The molecule has 1 N–H and O–H groups in total. The van der Waals surface area contributed by atoms with Crippen molar-refractivity contribution in [2.75, 3.05) is 18.0 Å². The highest BCUT2D eigenvalue weighted by molar-refractivity contribution is 7.18. The fourth-order valence-corrected chi connectivity index (χ4v) is 4.38. The molecule has 8 heteroatoms. The van der Waals surface area contributed by atoms with Gasteiger partial charge >= 0.3 is 0 Å². The number of nitrogens with one attached hydrogen (secondary N) is 1. The summed E-state index contributed by atoms with van der Waals surface area (Å²) in [7, 11) is 2.20. The largest absolute Gasteiger partial charge is 0.356 e. The van der Waals surface area contributed by atoms with Crippen LogP contribution in [-0.4, -0.2) is 44.4 Å². The SMILES string of the molecule is C/C(=C\c1ccc(-c2nccc(N3CCC(c4cn[nH]c4)C3)n2)cc1C)C(=O)C(C)C.CC.CCC(F)(P)CC. The fourth-order valence-electron chi connectivity index (χ4n) is 4.38. The molecule has 0 saturated carbocycles. The third-order valence-corrected chi connectivity index (χ3v) is 7.95. The Hall–Kier alpha value is -2.92. The number of aryl methyl sites for hydroxylation is 1. The summed E-state index contributed by atoms with van der Waals surface area (Å²) in [5.74, 6) is 2.33. The number of carbonyl (C=O) groups is 1. The number of halogens is 1. The average Bonchev–Trinajstić information content (AvgIpc) is 3.68. The summed E-state index contributed by atoms with van der Waals surface area (Å²) in [6.45, 7) is 17.4.